The number of methoxy groups -OCH3 is 1. The Bertz CT molecular complexity index is 1620. The molecule has 1 saturated heterocycles. The number of aromatic nitrogens is 2. The van der Waals surface area contributed by atoms with Gasteiger partial charge in [-0.3, -0.25) is 20.4 Å². The van der Waals surface area contributed by atoms with Gasteiger partial charge in [-0.1, -0.05) is 33.8 Å². The summed E-state index contributed by atoms with van der Waals surface area (Å²) in [5.41, 5.74) is 9.30. The van der Waals surface area contributed by atoms with E-state index in [1.807, 2.05) is 18.2 Å². The molecule has 4 aliphatic rings. The lowest BCUT2D eigenvalue weighted by Gasteiger charge is -2.61. The fourth-order valence-electron chi connectivity index (χ4n) is 8.23. The second-order valence-corrected chi connectivity index (χ2v) is 13.9. The van der Waals surface area contributed by atoms with Gasteiger partial charge in [0.2, 0.25) is 0 Å². The van der Waals surface area contributed by atoms with Gasteiger partial charge in [0.05, 0.1) is 36.9 Å². The third kappa shape index (κ3) is 5.59. The highest BCUT2D eigenvalue weighted by Gasteiger charge is 2.58. The van der Waals surface area contributed by atoms with Gasteiger partial charge in [-0.05, 0) is 85.7 Å². The minimum atomic E-state index is -0.341. The van der Waals surface area contributed by atoms with E-state index in [1.165, 1.54) is 26.0 Å². The second kappa shape index (κ2) is 12.1. The van der Waals surface area contributed by atoms with Crippen LogP contribution >= 0.6 is 0 Å². The lowest BCUT2D eigenvalue weighted by atomic mass is 9.44. The van der Waals surface area contributed by atoms with Gasteiger partial charge < -0.3 is 9.64 Å². The van der Waals surface area contributed by atoms with Crippen molar-refractivity contribution in [2.75, 3.05) is 33.3 Å². The topological polar surface area (TPSA) is 88.4 Å². The summed E-state index contributed by atoms with van der Waals surface area (Å²) in [5, 5.41) is 4.16. The number of hydrogen-bond donors (Lipinski definition) is 2. The van der Waals surface area contributed by atoms with Gasteiger partial charge in [0, 0.05) is 31.1 Å². The van der Waals surface area contributed by atoms with E-state index >= 15 is 0 Å². The molecule has 0 amide bonds. The van der Waals surface area contributed by atoms with E-state index in [-0.39, 0.29) is 17.4 Å². The van der Waals surface area contributed by atoms with Crippen molar-refractivity contribution in [3.8, 4) is 5.75 Å². The summed E-state index contributed by atoms with van der Waals surface area (Å²) >= 11 is 0. The molecule has 3 N–H and O–H groups in total. The molecule has 3 aliphatic carbocycles. The van der Waals surface area contributed by atoms with E-state index in [2.05, 4.69) is 42.5 Å². The maximum Gasteiger partial charge on any atom is 0.348 e. The third-order valence-electron chi connectivity index (χ3n) is 11.3. The van der Waals surface area contributed by atoms with Crippen LogP contribution in [0.15, 0.2) is 47.5 Å². The number of ether oxygens (including phenoxy) is 1. The van der Waals surface area contributed by atoms with Crippen molar-refractivity contribution >= 4 is 22.5 Å². The average Bonchev–Trinajstić information content (AvgIpc) is 3.49. The van der Waals surface area contributed by atoms with Crippen molar-refractivity contribution in [1.82, 2.24) is 19.8 Å². The number of nitrogens with two attached hydrogens (primary N) is 1. The van der Waals surface area contributed by atoms with E-state index in [4.69, 9.17) is 15.5 Å². The summed E-state index contributed by atoms with van der Waals surface area (Å²) in [7, 11) is 1.51. The van der Waals surface area contributed by atoms with E-state index in [1.54, 1.807) is 23.0 Å². The number of benzene rings is 2. The molecule has 44 heavy (non-hydrogen) atoms. The van der Waals surface area contributed by atoms with E-state index in [0.29, 0.717) is 70.2 Å². The highest BCUT2D eigenvalue weighted by Crippen LogP contribution is 2.62. The minimum Gasteiger partial charge on any atom is -0.497 e. The number of aryl methyl sites for hydroxylation is 2. The maximum absolute atomic E-state index is 14.5. The van der Waals surface area contributed by atoms with Crippen molar-refractivity contribution in [2.24, 2.45) is 34.8 Å². The Labute approximate surface area is 260 Å². The zero-order valence-corrected chi connectivity index (χ0v) is 26.9. The zero-order chi connectivity index (χ0) is 31.2. The van der Waals surface area contributed by atoms with Gasteiger partial charge in [-0.25, -0.2) is 13.9 Å². The molecule has 8 nitrogen and oxygen atoms in total. The monoisotopic (exact) mass is 603 g/mol. The lowest BCUT2D eigenvalue weighted by molar-refractivity contribution is -0.517. The van der Waals surface area contributed by atoms with Crippen LogP contribution in [0.5, 0.6) is 5.75 Å². The molecule has 2 bridgehead atoms. The van der Waals surface area contributed by atoms with Gasteiger partial charge in [0.25, 0.3) is 5.56 Å². The first-order chi connectivity index (χ1) is 21.1. The molecule has 5 atom stereocenters. The summed E-state index contributed by atoms with van der Waals surface area (Å²) in [4.78, 5) is 20.7. The Morgan fingerprint density at radius 3 is 2.73 bits per heavy atom. The number of halogens is 1. The van der Waals surface area contributed by atoms with E-state index in [0.717, 1.165) is 38.3 Å². The van der Waals surface area contributed by atoms with Gasteiger partial charge >= 0.3 is 5.96 Å². The van der Waals surface area contributed by atoms with Crippen LogP contribution in [-0.2, 0) is 13.0 Å². The van der Waals surface area contributed by atoms with Gasteiger partial charge in [-0.15, -0.1) is 0 Å². The number of nitrogens with one attached hydrogen (secondary N) is 1. The Morgan fingerprint density at radius 1 is 1.23 bits per heavy atom. The number of hydrogen-bond acceptors (Lipinski definition) is 4. The standard InChI is InChI=1S/C35H47FN6O2/c1-6-40-13-11-23(20-40)19-38-34(37)42(32-16-25-15-29(22(32)2)35(25,3)4)26-8-10-28-31(17-26)39-21-41(33(28)43)14-12-24-7-9-27(44-5)18-30(24)36/h7-10,17-18,21-23,25,29,32H,6,11-16,19-20H2,1-5H3,(H2,37,38)/p+1/t22-,23?,25-,29+,32?/m0/s1. The maximum atomic E-state index is 14.5. The van der Waals surface area contributed by atoms with Crippen molar-refractivity contribution in [1.29, 1.82) is 0 Å². The fourth-order valence-corrected chi connectivity index (χ4v) is 8.23. The summed E-state index contributed by atoms with van der Waals surface area (Å²) in [5.74, 6) is 3.21. The molecule has 4 fully saturated rings. The summed E-state index contributed by atoms with van der Waals surface area (Å²) in [6.07, 6.45) is 5.52. The molecule has 0 radical (unpaired) electrons. The number of likely N-dealkylation sites (tertiary alicyclic amines) is 1. The molecule has 2 heterocycles. The van der Waals surface area contributed by atoms with Crippen molar-refractivity contribution in [2.45, 2.75) is 66.0 Å². The van der Waals surface area contributed by atoms with Gasteiger partial charge in [0.15, 0.2) is 0 Å². The molecule has 3 saturated carbocycles. The molecule has 2 aromatic carbocycles. The number of guanidine groups is 1. The molecule has 1 aliphatic heterocycles. The first-order valence-electron chi connectivity index (χ1n) is 16.3. The highest BCUT2D eigenvalue weighted by atomic mass is 19.1. The third-order valence-corrected chi connectivity index (χ3v) is 11.3. The summed E-state index contributed by atoms with van der Waals surface area (Å²) in [6, 6.07) is 11.0. The first-order valence-corrected chi connectivity index (χ1v) is 16.3. The van der Waals surface area contributed by atoms with Gasteiger partial charge in [-0.2, -0.15) is 0 Å². The number of nitrogens with zero attached hydrogens (tertiary/aromatic N) is 4. The summed E-state index contributed by atoms with van der Waals surface area (Å²) < 4.78 is 23.5. The predicted octanol–water partition coefficient (Wildman–Crippen LogP) is 4.75. The van der Waals surface area contributed by atoms with Crippen LogP contribution in [0.25, 0.3) is 10.9 Å². The normalized spacial score (nSPS) is 26.7. The van der Waals surface area contributed by atoms with Crippen molar-refractivity contribution in [3.05, 3.63) is 64.5 Å². The van der Waals surface area contributed by atoms with Crippen LogP contribution in [-0.4, -0.2) is 64.3 Å². The number of fused-ring (bicyclic) bond motifs is 3. The Kier molecular flexibility index (Phi) is 8.44. The fraction of sp³-hybridized carbons (Fsp3) is 0.571. The highest BCUT2D eigenvalue weighted by molar-refractivity contribution is 5.81. The van der Waals surface area contributed by atoms with Gasteiger partial charge in [0.1, 0.15) is 17.3 Å². The van der Waals surface area contributed by atoms with Crippen LogP contribution in [0.2, 0.25) is 0 Å². The van der Waals surface area contributed by atoms with E-state index in [9.17, 15) is 9.18 Å². The number of rotatable bonds is 9. The quantitative estimate of drug-likeness (QED) is 0.209. The van der Waals surface area contributed by atoms with Crippen LogP contribution < -0.4 is 21.3 Å². The second-order valence-electron chi connectivity index (χ2n) is 13.9. The zero-order valence-electron chi connectivity index (χ0n) is 26.9. The molecule has 1 aromatic heterocycles. The van der Waals surface area contributed by atoms with Crippen LogP contribution in [0, 0.1) is 34.9 Å². The molecule has 3 aromatic rings. The van der Waals surface area contributed by atoms with Crippen molar-refractivity contribution < 1.29 is 13.7 Å². The van der Waals surface area contributed by atoms with Crippen LogP contribution in [0.3, 0.4) is 0 Å². The Hall–Kier alpha value is -3.46. The SMILES string of the molecule is CCN1CCC(CNC(N)=[N+](c2ccc3c(=O)n(CCc4ccc(OC)cc4F)cnc3c2)C2C[C@@H]3C[C@H]([C@@H]2C)C3(C)C)C1. The van der Waals surface area contributed by atoms with Crippen LogP contribution in [0.4, 0.5) is 10.1 Å². The molecular formula is C35H48FN6O2+. The predicted molar refractivity (Wildman–Crippen MR) is 173 cm³/mol. The lowest BCUT2D eigenvalue weighted by Crippen LogP contribution is -2.60. The molecule has 7 rings (SSSR count). The van der Waals surface area contributed by atoms with E-state index < -0.39 is 0 Å². The Morgan fingerprint density at radius 2 is 2.05 bits per heavy atom. The minimum absolute atomic E-state index is 0.132. The summed E-state index contributed by atoms with van der Waals surface area (Å²) in [6.45, 7) is 14.0. The van der Waals surface area contributed by atoms with Crippen molar-refractivity contribution in [3.63, 3.8) is 0 Å². The Balaban J connectivity index is 1.28. The molecule has 0 spiro atoms. The largest absolute Gasteiger partial charge is 0.497 e. The molecule has 2 unspecified atom stereocenters. The molecular weight excluding hydrogens is 555 g/mol. The smallest absolute Gasteiger partial charge is 0.348 e. The molecule has 9 heteroatoms. The average molecular weight is 604 g/mol. The molecule has 236 valence electrons. The first kappa shape index (κ1) is 30.6. The van der Waals surface area contributed by atoms with Crippen LogP contribution in [0.1, 0.15) is 52.5 Å².